The van der Waals surface area contributed by atoms with Crippen LogP contribution in [-0.4, -0.2) is 91.2 Å². The van der Waals surface area contributed by atoms with Crippen LogP contribution in [0.4, 0.5) is 16.7 Å². The Kier molecular flexibility index (Phi) is 15.1. The predicted octanol–water partition coefficient (Wildman–Crippen LogP) is 6.00. The third-order valence-electron chi connectivity index (χ3n) is 10.7. The molecule has 0 radical (unpaired) electrons. The zero-order valence-electron chi connectivity index (χ0n) is 36.2. The number of nitrogens with one attached hydrogen (secondary N) is 1. The fourth-order valence-corrected chi connectivity index (χ4v) is 9.56. The third kappa shape index (κ3) is 11.0. The van der Waals surface area contributed by atoms with E-state index >= 15 is 0 Å². The lowest BCUT2D eigenvalue weighted by Crippen LogP contribution is -2.50. The molecular formula is C45H47ClN10O8S2. The third-order valence-corrected chi connectivity index (χ3v) is 12.9. The highest BCUT2D eigenvalue weighted by Crippen LogP contribution is 2.28. The number of amides is 1. The van der Waals surface area contributed by atoms with Gasteiger partial charge in [-0.25, -0.2) is 24.4 Å². The van der Waals surface area contributed by atoms with E-state index in [1.54, 1.807) is 63.2 Å². The average Bonchev–Trinajstić information content (AvgIpc) is 3.92. The Balaban J connectivity index is 0.000000220. The molecule has 4 aromatic heterocycles. The van der Waals surface area contributed by atoms with Crippen molar-refractivity contribution in [1.29, 1.82) is 10.5 Å². The van der Waals surface area contributed by atoms with Crippen LogP contribution in [0.25, 0.3) is 20.4 Å². The number of piperidine rings is 2. The summed E-state index contributed by atoms with van der Waals surface area (Å²) in [5.74, 6) is -1.39. The number of carbonyl (C=O) groups excluding carboxylic acids is 1. The molecule has 1 amide bonds. The first kappa shape index (κ1) is 48.6. The monoisotopic (exact) mass is 954 g/mol. The molecule has 344 valence electrons. The lowest BCUT2D eigenvalue weighted by atomic mass is 10.1. The van der Waals surface area contributed by atoms with E-state index in [0.29, 0.717) is 76.1 Å². The number of thiophene rings is 2. The lowest BCUT2D eigenvalue weighted by molar-refractivity contribution is 0.0498. The molecule has 2 aromatic carbocycles. The van der Waals surface area contributed by atoms with Gasteiger partial charge in [0.15, 0.2) is 0 Å². The van der Waals surface area contributed by atoms with Crippen LogP contribution in [0.1, 0.15) is 88.1 Å². The van der Waals surface area contributed by atoms with E-state index < -0.39 is 23.6 Å². The van der Waals surface area contributed by atoms with Gasteiger partial charge in [-0.15, -0.1) is 35.1 Å². The van der Waals surface area contributed by atoms with Crippen LogP contribution >= 0.6 is 35.1 Å². The van der Waals surface area contributed by atoms with Crippen molar-refractivity contribution in [1.82, 2.24) is 24.4 Å². The van der Waals surface area contributed by atoms with Crippen molar-refractivity contribution < 1.29 is 29.3 Å². The topological polar surface area (TPSA) is 263 Å². The molecule has 21 heteroatoms. The summed E-state index contributed by atoms with van der Waals surface area (Å²) in [6.07, 6.45) is 2.76. The van der Waals surface area contributed by atoms with Gasteiger partial charge in [0.05, 0.1) is 47.4 Å². The number of aromatic nitrogens is 4. The maximum Gasteiger partial charge on any atom is 0.407 e. The van der Waals surface area contributed by atoms with Gasteiger partial charge in [-0.2, -0.15) is 10.5 Å². The van der Waals surface area contributed by atoms with Gasteiger partial charge < -0.3 is 35.8 Å². The highest BCUT2D eigenvalue weighted by molar-refractivity contribution is 7.21. The van der Waals surface area contributed by atoms with Gasteiger partial charge in [-0.1, -0.05) is 36.4 Å². The number of anilines is 2. The van der Waals surface area contributed by atoms with Gasteiger partial charge in [0, 0.05) is 38.3 Å². The Hall–Kier alpha value is -6.84. The number of nitrogens with two attached hydrogens (primary N) is 1. The first-order chi connectivity index (χ1) is 31.0. The van der Waals surface area contributed by atoms with E-state index in [1.807, 2.05) is 15.9 Å². The molecule has 0 bridgehead atoms. The van der Waals surface area contributed by atoms with Crippen molar-refractivity contribution in [3.05, 3.63) is 113 Å². The molecule has 5 N–H and O–H groups in total. The summed E-state index contributed by atoms with van der Waals surface area (Å²) in [6, 6.07) is 21.0. The highest BCUT2D eigenvalue weighted by Gasteiger charge is 2.29. The minimum atomic E-state index is -1.13. The summed E-state index contributed by atoms with van der Waals surface area (Å²) in [5.41, 5.74) is 7.79. The number of nitrogens with zero attached hydrogens (tertiary/aromatic N) is 8. The van der Waals surface area contributed by atoms with Gasteiger partial charge in [0.2, 0.25) is 11.9 Å². The number of alkyl carbamates (subject to hydrolysis) is 1. The fraction of sp³-hybridized carbons (Fsp3) is 0.356. The number of halogens is 1. The number of nitriles is 2. The van der Waals surface area contributed by atoms with E-state index in [1.165, 1.54) is 21.3 Å². The average molecular weight is 956 g/mol. The van der Waals surface area contributed by atoms with Crippen LogP contribution in [0.5, 0.6) is 0 Å². The second kappa shape index (κ2) is 20.6. The van der Waals surface area contributed by atoms with Crippen LogP contribution in [0, 0.1) is 22.7 Å². The Bertz CT molecular complexity index is 3020. The SMILES string of the molecule is CC(C)(C)OC(=O)N[C@@H]1CCCN(c2nc3cc(C(=O)O)sc3c(=O)n2Cc2ccccc2C#N)C1.Cl.N#Cc1ccccc1Cn1c(N2CCC[C@@H](N)C2)nc2cc(C(=O)O)sc2c1=O. The number of carboxylic acids is 2. The maximum absolute atomic E-state index is 13.6. The normalized spacial score (nSPS) is 16.0. The van der Waals surface area contributed by atoms with Crippen LogP contribution in [0.2, 0.25) is 0 Å². The molecule has 0 saturated carbocycles. The minimum Gasteiger partial charge on any atom is -0.477 e. The Morgan fingerprint density at radius 1 is 0.788 bits per heavy atom. The second-order valence-electron chi connectivity index (χ2n) is 16.7. The molecule has 0 aliphatic carbocycles. The number of fused-ring (bicyclic) bond motifs is 2. The van der Waals surface area contributed by atoms with E-state index in [4.69, 9.17) is 15.5 Å². The van der Waals surface area contributed by atoms with E-state index in [-0.39, 0.29) is 63.2 Å². The minimum absolute atomic E-state index is 0. The number of rotatable bonds is 9. The molecule has 0 spiro atoms. The van der Waals surface area contributed by atoms with Crippen LogP contribution < -0.4 is 32.0 Å². The largest absolute Gasteiger partial charge is 0.477 e. The summed E-state index contributed by atoms with van der Waals surface area (Å²) in [4.78, 5) is 75.5. The van der Waals surface area contributed by atoms with Crippen molar-refractivity contribution in [2.45, 2.75) is 77.2 Å². The lowest BCUT2D eigenvalue weighted by Gasteiger charge is -2.35. The van der Waals surface area contributed by atoms with Crippen molar-refractivity contribution >= 4 is 85.4 Å². The molecule has 18 nitrogen and oxygen atoms in total. The van der Waals surface area contributed by atoms with Crippen LogP contribution in [-0.2, 0) is 17.8 Å². The van der Waals surface area contributed by atoms with Crippen molar-refractivity contribution in [3.63, 3.8) is 0 Å². The summed E-state index contributed by atoms with van der Waals surface area (Å²) in [7, 11) is 0. The van der Waals surface area contributed by atoms with Gasteiger partial charge in [-0.05, 0) is 81.8 Å². The van der Waals surface area contributed by atoms with Crippen LogP contribution in [0.3, 0.4) is 0 Å². The first-order valence-electron chi connectivity index (χ1n) is 20.8. The summed E-state index contributed by atoms with van der Waals surface area (Å²) >= 11 is 1.80. The smallest absolute Gasteiger partial charge is 0.407 e. The quantitative estimate of drug-likeness (QED) is 0.130. The summed E-state index contributed by atoms with van der Waals surface area (Å²) < 4.78 is 8.93. The van der Waals surface area contributed by atoms with Crippen molar-refractivity contribution in [2.24, 2.45) is 5.73 Å². The molecular weight excluding hydrogens is 908 g/mol. The van der Waals surface area contributed by atoms with Crippen molar-refractivity contribution in [3.8, 4) is 12.1 Å². The predicted molar refractivity (Wildman–Crippen MR) is 253 cm³/mol. The van der Waals surface area contributed by atoms with Gasteiger partial charge >= 0.3 is 18.0 Å². The summed E-state index contributed by atoms with van der Waals surface area (Å²) in [5, 5.41) is 40.6. The number of hydrogen-bond acceptors (Lipinski definition) is 15. The van der Waals surface area contributed by atoms with Gasteiger partial charge in [0.25, 0.3) is 11.1 Å². The van der Waals surface area contributed by atoms with Crippen LogP contribution in [0.15, 0.2) is 70.3 Å². The van der Waals surface area contributed by atoms with Gasteiger partial charge in [-0.3, -0.25) is 18.7 Å². The number of carbonyl (C=O) groups is 3. The molecule has 2 aliphatic rings. The molecule has 2 aliphatic heterocycles. The molecule has 0 unspecified atom stereocenters. The second-order valence-corrected chi connectivity index (χ2v) is 18.8. The van der Waals surface area contributed by atoms with Crippen molar-refractivity contribution in [2.75, 3.05) is 36.0 Å². The summed E-state index contributed by atoms with van der Waals surface area (Å²) in [6.45, 7) is 7.92. The van der Waals surface area contributed by atoms with E-state index in [2.05, 4.69) is 22.4 Å². The number of carboxylic acid groups (broad SMARTS) is 2. The zero-order valence-corrected chi connectivity index (χ0v) is 38.7. The standard InChI is InChI=1S/C25H27N5O5S.C20H19N5O3S.ClH/c1-25(2,3)35-24(34)27-17-9-6-10-29(14-17)23-28-18-11-19(22(32)33)36-20(18)21(31)30(23)13-16-8-5-4-7-15(16)12-26;21-9-12-4-1-2-5-13(12)10-25-18(26)17-15(8-16(29-17)19(27)28)23-20(25)24-7-3-6-14(22)11-24;/h4-5,7-8,11,17H,6,9-10,13-14H2,1-3H3,(H,27,34)(H,32,33);1-2,4-5,8,14H,3,6-7,10-11,22H2,(H,27,28);1H/t17-;14-;/m11./s1. The molecule has 8 rings (SSSR count). The number of benzene rings is 2. The maximum atomic E-state index is 13.6. The molecule has 2 saturated heterocycles. The molecule has 2 atom stereocenters. The Morgan fingerprint density at radius 2 is 1.24 bits per heavy atom. The first-order valence-corrected chi connectivity index (χ1v) is 22.4. The van der Waals surface area contributed by atoms with E-state index in [0.717, 1.165) is 48.4 Å². The van der Waals surface area contributed by atoms with Gasteiger partial charge in [0.1, 0.15) is 24.8 Å². The molecule has 6 aromatic rings. The molecule has 6 heterocycles. The number of aromatic carboxylic acids is 2. The molecule has 2 fully saturated rings. The van der Waals surface area contributed by atoms with E-state index in [9.17, 15) is 44.7 Å². The highest BCUT2D eigenvalue weighted by atomic mass is 35.5. The number of hydrogen-bond donors (Lipinski definition) is 4. The number of ether oxygens (including phenoxy) is 1. The fourth-order valence-electron chi connectivity index (χ4n) is 7.79. The molecule has 66 heavy (non-hydrogen) atoms. The Morgan fingerprint density at radius 3 is 1.68 bits per heavy atom. The zero-order chi connectivity index (χ0) is 46.6. The Labute approximate surface area is 392 Å².